The van der Waals surface area contributed by atoms with Gasteiger partial charge in [0.15, 0.2) is 0 Å². The van der Waals surface area contributed by atoms with E-state index >= 15 is 0 Å². The molecule has 1 saturated heterocycles. The van der Waals surface area contributed by atoms with Crippen molar-refractivity contribution in [3.63, 3.8) is 0 Å². The van der Waals surface area contributed by atoms with E-state index in [4.69, 9.17) is 4.74 Å². The van der Waals surface area contributed by atoms with Gasteiger partial charge in [-0.1, -0.05) is 24.3 Å². The van der Waals surface area contributed by atoms with Gasteiger partial charge in [-0.25, -0.2) is 0 Å². The van der Waals surface area contributed by atoms with E-state index in [1.54, 1.807) is 0 Å². The Labute approximate surface area is 119 Å². The summed E-state index contributed by atoms with van der Waals surface area (Å²) in [4.78, 5) is 0. The number of aryl methyl sites for hydroxylation is 2. The van der Waals surface area contributed by atoms with Crippen LogP contribution in [0.4, 0.5) is 5.82 Å². The lowest BCUT2D eigenvalue weighted by Crippen LogP contribution is -2.30. The van der Waals surface area contributed by atoms with E-state index in [0.717, 1.165) is 38.4 Å². The molecule has 20 heavy (non-hydrogen) atoms. The van der Waals surface area contributed by atoms with Crippen molar-refractivity contribution in [2.45, 2.75) is 25.8 Å². The summed E-state index contributed by atoms with van der Waals surface area (Å²) in [5, 5.41) is 7.90. The third-order valence-corrected chi connectivity index (χ3v) is 3.79. The summed E-state index contributed by atoms with van der Waals surface area (Å²) in [7, 11) is 0. The van der Waals surface area contributed by atoms with Crippen molar-refractivity contribution < 1.29 is 4.74 Å². The van der Waals surface area contributed by atoms with Crippen molar-refractivity contribution in [1.82, 2.24) is 9.78 Å². The molecule has 0 radical (unpaired) electrons. The van der Waals surface area contributed by atoms with Crippen LogP contribution in [0.15, 0.2) is 36.5 Å². The van der Waals surface area contributed by atoms with Gasteiger partial charge in [-0.3, -0.25) is 4.68 Å². The van der Waals surface area contributed by atoms with Gasteiger partial charge in [-0.15, -0.1) is 0 Å². The Hall–Kier alpha value is -1.81. The van der Waals surface area contributed by atoms with E-state index in [9.17, 15) is 0 Å². The molecule has 1 fully saturated rings. The third kappa shape index (κ3) is 3.02. The second-order valence-corrected chi connectivity index (χ2v) is 5.33. The summed E-state index contributed by atoms with van der Waals surface area (Å²) < 4.78 is 7.17. The van der Waals surface area contributed by atoms with E-state index in [-0.39, 0.29) is 0 Å². The van der Waals surface area contributed by atoms with Gasteiger partial charge >= 0.3 is 0 Å². The molecule has 1 N–H and O–H groups in total. The fourth-order valence-corrected chi connectivity index (χ4v) is 2.40. The fraction of sp³-hybridized carbons (Fsp3) is 0.438. The summed E-state index contributed by atoms with van der Waals surface area (Å²) in [6.07, 6.45) is 4.25. The van der Waals surface area contributed by atoms with Crippen LogP contribution < -0.4 is 5.32 Å². The fourth-order valence-electron chi connectivity index (χ4n) is 2.40. The van der Waals surface area contributed by atoms with Crippen molar-refractivity contribution in [3.8, 4) is 0 Å². The van der Waals surface area contributed by atoms with Gasteiger partial charge in [0.25, 0.3) is 0 Å². The average Bonchev–Trinajstić information content (AvgIpc) is 2.83. The van der Waals surface area contributed by atoms with Crippen molar-refractivity contribution in [2.24, 2.45) is 0 Å². The van der Waals surface area contributed by atoms with Gasteiger partial charge in [0.05, 0.1) is 19.3 Å². The number of hydrogen-bond donors (Lipinski definition) is 1. The molecule has 1 aliphatic rings. The third-order valence-electron chi connectivity index (χ3n) is 3.79. The summed E-state index contributed by atoms with van der Waals surface area (Å²) in [5.74, 6) is 0.960. The van der Waals surface area contributed by atoms with E-state index in [1.807, 2.05) is 16.9 Å². The van der Waals surface area contributed by atoms with Crippen molar-refractivity contribution in [1.29, 1.82) is 0 Å². The van der Waals surface area contributed by atoms with Crippen LogP contribution in [0.5, 0.6) is 0 Å². The van der Waals surface area contributed by atoms with Crippen LogP contribution in [0.3, 0.4) is 0 Å². The molecule has 2 aromatic rings. The number of ether oxygens (including phenoxy) is 1. The molecule has 0 aliphatic carbocycles. The second kappa shape index (κ2) is 6.09. The number of anilines is 1. The molecule has 0 saturated carbocycles. The number of hydrogen-bond acceptors (Lipinski definition) is 3. The average molecular weight is 271 g/mol. The molecule has 1 aromatic carbocycles. The molecule has 1 aromatic heterocycles. The first-order valence-corrected chi connectivity index (χ1v) is 7.24. The summed E-state index contributed by atoms with van der Waals surface area (Å²) >= 11 is 0. The predicted molar refractivity (Wildman–Crippen MR) is 80.1 cm³/mol. The lowest BCUT2D eigenvalue weighted by atomic mass is 10.0. The topological polar surface area (TPSA) is 39.1 Å². The number of nitrogens with one attached hydrogen (secondary N) is 1. The molecule has 0 amide bonds. The van der Waals surface area contributed by atoms with Gasteiger partial charge in [0.1, 0.15) is 5.82 Å². The van der Waals surface area contributed by atoms with Crippen LogP contribution in [0, 0.1) is 6.92 Å². The minimum atomic E-state index is 0.428. The number of nitrogens with zero attached hydrogens (tertiary/aromatic N) is 2. The highest BCUT2D eigenvalue weighted by Gasteiger charge is 2.20. The van der Waals surface area contributed by atoms with Crippen molar-refractivity contribution in [2.75, 3.05) is 25.1 Å². The Kier molecular flexibility index (Phi) is 4.02. The maximum absolute atomic E-state index is 5.18. The molecular formula is C16H21N3O. The summed E-state index contributed by atoms with van der Waals surface area (Å²) in [6.45, 7) is 4.69. The van der Waals surface area contributed by atoms with E-state index in [1.165, 1.54) is 11.1 Å². The molecule has 0 atom stereocenters. The lowest BCUT2D eigenvalue weighted by Gasteiger charge is -2.25. The summed E-state index contributed by atoms with van der Waals surface area (Å²) in [6, 6.07) is 11.0. The van der Waals surface area contributed by atoms with Crippen LogP contribution in [0.1, 0.15) is 23.6 Å². The molecule has 4 heteroatoms. The monoisotopic (exact) mass is 271 g/mol. The Morgan fingerprint density at radius 1 is 1.30 bits per heavy atom. The highest BCUT2D eigenvalue weighted by molar-refractivity contribution is 5.32. The molecule has 106 valence electrons. The Morgan fingerprint density at radius 3 is 2.90 bits per heavy atom. The SMILES string of the molecule is Cc1ccccc1CCCNc1ccn(C2COC2)n1. The quantitative estimate of drug-likeness (QED) is 0.821. The molecule has 0 spiro atoms. The van der Waals surface area contributed by atoms with Gasteiger partial charge in [-0.05, 0) is 30.9 Å². The lowest BCUT2D eigenvalue weighted by molar-refractivity contribution is -0.0285. The molecule has 4 nitrogen and oxygen atoms in total. The van der Waals surface area contributed by atoms with Crippen molar-refractivity contribution >= 4 is 5.82 Å². The zero-order valence-electron chi connectivity index (χ0n) is 11.9. The zero-order chi connectivity index (χ0) is 13.8. The molecular weight excluding hydrogens is 250 g/mol. The van der Waals surface area contributed by atoms with Gasteiger partial charge in [0.2, 0.25) is 0 Å². The first kappa shape index (κ1) is 13.2. The standard InChI is InChI=1S/C16H21N3O/c1-13-5-2-3-6-14(13)7-4-9-17-16-8-10-19(18-16)15-11-20-12-15/h2-3,5-6,8,10,15H,4,7,9,11-12H2,1H3,(H,17,18). The normalized spacial score (nSPS) is 15.1. The zero-order valence-corrected chi connectivity index (χ0v) is 11.9. The summed E-state index contributed by atoms with van der Waals surface area (Å²) in [5.41, 5.74) is 2.81. The van der Waals surface area contributed by atoms with Crippen LogP contribution in [-0.2, 0) is 11.2 Å². The highest BCUT2D eigenvalue weighted by atomic mass is 16.5. The molecule has 0 unspecified atom stereocenters. The van der Waals surface area contributed by atoms with E-state index < -0.39 is 0 Å². The largest absolute Gasteiger partial charge is 0.377 e. The van der Waals surface area contributed by atoms with Crippen LogP contribution >= 0.6 is 0 Å². The molecule has 0 bridgehead atoms. The van der Waals surface area contributed by atoms with Gasteiger partial charge in [-0.2, -0.15) is 5.10 Å². The molecule has 2 heterocycles. The minimum Gasteiger partial charge on any atom is -0.377 e. The predicted octanol–water partition coefficient (Wildman–Crippen LogP) is 2.81. The van der Waals surface area contributed by atoms with Crippen LogP contribution in [0.25, 0.3) is 0 Å². The minimum absolute atomic E-state index is 0.428. The number of aromatic nitrogens is 2. The van der Waals surface area contributed by atoms with E-state index in [0.29, 0.717) is 6.04 Å². The van der Waals surface area contributed by atoms with Crippen LogP contribution in [0.2, 0.25) is 0 Å². The number of rotatable bonds is 6. The highest BCUT2D eigenvalue weighted by Crippen LogP contribution is 2.17. The maximum atomic E-state index is 5.18. The van der Waals surface area contributed by atoms with E-state index in [2.05, 4.69) is 41.6 Å². The number of benzene rings is 1. The molecule has 3 rings (SSSR count). The second-order valence-electron chi connectivity index (χ2n) is 5.33. The van der Waals surface area contributed by atoms with Crippen molar-refractivity contribution in [3.05, 3.63) is 47.7 Å². The first-order chi connectivity index (χ1) is 9.83. The molecule has 1 aliphatic heterocycles. The van der Waals surface area contributed by atoms with Gasteiger partial charge in [0, 0.05) is 18.8 Å². The van der Waals surface area contributed by atoms with Crippen LogP contribution in [-0.4, -0.2) is 29.5 Å². The first-order valence-electron chi connectivity index (χ1n) is 7.24. The Bertz CT molecular complexity index is 560. The Balaban J connectivity index is 1.43. The Morgan fingerprint density at radius 2 is 2.15 bits per heavy atom. The maximum Gasteiger partial charge on any atom is 0.147 e. The smallest absolute Gasteiger partial charge is 0.147 e. The van der Waals surface area contributed by atoms with Gasteiger partial charge < -0.3 is 10.1 Å².